The zero-order valence-corrected chi connectivity index (χ0v) is 11.4. The first kappa shape index (κ1) is 15.4. The number of hydrogen-bond donors (Lipinski definition) is 2. The molecule has 1 rings (SSSR count). The second-order valence-corrected chi connectivity index (χ2v) is 4.72. The lowest BCUT2D eigenvalue weighted by Gasteiger charge is -2.29. The van der Waals surface area contributed by atoms with Crippen molar-refractivity contribution < 1.29 is 14.6 Å². The first-order valence-corrected chi connectivity index (χ1v) is 6.97. The summed E-state index contributed by atoms with van der Waals surface area (Å²) < 4.78 is 5.12. The molecule has 0 atom stereocenters. The molecule has 1 fully saturated rings. The third-order valence-electron chi connectivity index (χ3n) is 3.21. The summed E-state index contributed by atoms with van der Waals surface area (Å²) in [7, 11) is 0. The van der Waals surface area contributed by atoms with Gasteiger partial charge in [0, 0.05) is 32.7 Å². The lowest BCUT2D eigenvalue weighted by molar-refractivity contribution is -0.122. The molecule has 0 aliphatic carbocycles. The van der Waals surface area contributed by atoms with Crippen LogP contribution in [0.5, 0.6) is 0 Å². The van der Waals surface area contributed by atoms with Crippen molar-refractivity contribution in [3.63, 3.8) is 0 Å². The molecule has 0 aromatic carbocycles. The van der Waals surface area contributed by atoms with Crippen LogP contribution in [0.1, 0.15) is 32.6 Å². The lowest BCUT2D eigenvalue weighted by Crippen LogP contribution is -2.37. The fraction of sp³-hybridized carbons (Fsp3) is 0.923. The molecule has 0 saturated carbocycles. The first-order valence-electron chi connectivity index (χ1n) is 6.97. The van der Waals surface area contributed by atoms with Gasteiger partial charge in [-0.3, -0.25) is 4.79 Å². The maximum absolute atomic E-state index is 11.4. The van der Waals surface area contributed by atoms with Gasteiger partial charge in [0.25, 0.3) is 0 Å². The highest BCUT2D eigenvalue weighted by Gasteiger charge is 2.15. The van der Waals surface area contributed by atoms with Gasteiger partial charge in [-0.25, -0.2) is 0 Å². The first-order chi connectivity index (χ1) is 8.72. The van der Waals surface area contributed by atoms with Crippen molar-refractivity contribution in [2.24, 2.45) is 0 Å². The number of aliphatic hydroxyl groups excluding tert-OH is 1. The highest BCUT2D eigenvalue weighted by molar-refractivity contribution is 5.75. The number of nitrogens with zero attached hydrogens (tertiary/aromatic N) is 1. The quantitative estimate of drug-likeness (QED) is 0.618. The van der Waals surface area contributed by atoms with Gasteiger partial charge in [-0.05, 0) is 32.7 Å². The van der Waals surface area contributed by atoms with Crippen LogP contribution in [-0.2, 0) is 9.53 Å². The summed E-state index contributed by atoms with van der Waals surface area (Å²) in [6.45, 7) is 6.76. The van der Waals surface area contributed by atoms with Crippen LogP contribution in [0.3, 0.4) is 0 Å². The molecule has 1 amide bonds. The fourth-order valence-corrected chi connectivity index (χ4v) is 2.07. The second-order valence-electron chi connectivity index (χ2n) is 4.72. The van der Waals surface area contributed by atoms with Gasteiger partial charge in [0.1, 0.15) is 0 Å². The number of hydrogen-bond acceptors (Lipinski definition) is 4. The number of carbonyl (C=O) groups is 1. The van der Waals surface area contributed by atoms with E-state index < -0.39 is 0 Å². The van der Waals surface area contributed by atoms with Gasteiger partial charge in [0.2, 0.25) is 5.91 Å². The molecule has 1 aliphatic rings. The van der Waals surface area contributed by atoms with E-state index in [1.165, 1.54) is 0 Å². The molecule has 0 aromatic heterocycles. The summed E-state index contributed by atoms with van der Waals surface area (Å²) in [5.74, 6) is 0.0671. The molecule has 0 spiro atoms. The van der Waals surface area contributed by atoms with Crippen LogP contribution in [0.2, 0.25) is 0 Å². The molecule has 0 radical (unpaired) electrons. The van der Waals surface area contributed by atoms with Crippen molar-refractivity contribution in [1.29, 1.82) is 0 Å². The van der Waals surface area contributed by atoms with Crippen molar-refractivity contribution >= 4 is 5.91 Å². The number of ether oxygens (including phenoxy) is 1. The molecule has 5 nitrogen and oxygen atoms in total. The molecule has 1 heterocycles. The van der Waals surface area contributed by atoms with Crippen LogP contribution in [-0.4, -0.2) is 61.4 Å². The Bertz CT molecular complexity index is 228. The normalized spacial score (nSPS) is 17.9. The summed E-state index contributed by atoms with van der Waals surface area (Å²) in [6, 6.07) is 0. The zero-order chi connectivity index (χ0) is 13.2. The van der Waals surface area contributed by atoms with Crippen molar-refractivity contribution in [1.82, 2.24) is 10.2 Å². The van der Waals surface area contributed by atoms with E-state index in [0.717, 1.165) is 45.4 Å². The average Bonchev–Trinajstić information content (AvgIpc) is 2.37. The summed E-state index contributed by atoms with van der Waals surface area (Å²) in [5.41, 5.74) is 0. The minimum Gasteiger partial charge on any atom is -0.393 e. The van der Waals surface area contributed by atoms with Crippen LogP contribution in [0.25, 0.3) is 0 Å². The minimum atomic E-state index is -0.112. The predicted octanol–water partition coefficient (Wildman–Crippen LogP) is 0.376. The van der Waals surface area contributed by atoms with Crippen molar-refractivity contribution in [3.8, 4) is 0 Å². The second kappa shape index (κ2) is 9.30. The molecule has 0 unspecified atom stereocenters. The van der Waals surface area contributed by atoms with E-state index >= 15 is 0 Å². The fourth-order valence-electron chi connectivity index (χ4n) is 2.07. The summed E-state index contributed by atoms with van der Waals surface area (Å²) in [6.07, 6.45) is 3.06. The Balaban J connectivity index is 1.93. The molecule has 2 N–H and O–H groups in total. The van der Waals surface area contributed by atoms with E-state index in [-0.39, 0.29) is 12.0 Å². The van der Waals surface area contributed by atoms with Crippen LogP contribution in [0, 0.1) is 0 Å². The summed E-state index contributed by atoms with van der Waals surface area (Å²) in [5, 5.41) is 12.3. The third-order valence-corrected chi connectivity index (χ3v) is 3.21. The molecule has 18 heavy (non-hydrogen) atoms. The summed E-state index contributed by atoms with van der Waals surface area (Å²) in [4.78, 5) is 13.7. The van der Waals surface area contributed by atoms with Crippen molar-refractivity contribution in [2.75, 3.05) is 39.4 Å². The van der Waals surface area contributed by atoms with Gasteiger partial charge in [-0.15, -0.1) is 0 Å². The highest BCUT2D eigenvalue weighted by Crippen LogP contribution is 2.09. The Kier molecular flexibility index (Phi) is 7.96. The Hall–Kier alpha value is -0.650. The molecular formula is C13H26N2O3. The Morgan fingerprint density at radius 3 is 2.83 bits per heavy atom. The smallest absolute Gasteiger partial charge is 0.222 e. The van der Waals surface area contributed by atoms with E-state index in [9.17, 15) is 9.90 Å². The minimum absolute atomic E-state index is 0.0671. The molecule has 1 saturated heterocycles. The van der Waals surface area contributed by atoms with Gasteiger partial charge in [0.05, 0.1) is 12.7 Å². The summed E-state index contributed by atoms with van der Waals surface area (Å²) >= 11 is 0. The molecule has 106 valence electrons. The monoisotopic (exact) mass is 258 g/mol. The Morgan fingerprint density at radius 2 is 2.17 bits per heavy atom. The van der Waals surface area contributed by atoms with E-state index in [0.29, 0.717) is 19.6 Å². The molecule has 0 aromatic rings. The number of likely N-dealkylation sites (tertiary alicyclic amines) is 1. The van der Waals surface area contributed by atoms with Crippen LogP contribution in [0.15, 0.2) is 0 Å². The van der Waals surface area contributed by atoms with Crippen LogP contribution < -0.4 is 5.32 Å². The number of rotatable bonds is 8. The van der Waals surface area contributed by atoms with Gasteiger partial charge < -0.3 is 20.1 Å². The standard InChI is InChI=1S/C13H26N2O3/c1-2-18-11-6-13(17)14-7-3-8-15-9-4-12(16)5-10-15/h12,16H,2-11H2,1H3,(H,14,17). The highest BCUT2D eigenvalue weighted by atomic mass is 16.5. The molecule has 0 bridgehead atoms. The zero-order valence-electron chi connectivity index (χ0n) is 11.4. The average molecular weight is 258 g/mol. The van der Waals surface area contributed by atoms with Crippen molar-refractivity contribution in [3.05, 3.63) is 0 Å². The number of piperidine rings is 1. The maximum atomic E-state index is 11.4. The molecule has 1 aliphatic heterocycles. The van der Waals surface area contributed by atoms with Gasteiger partial charge in [-0.2, -0.15) is 0 Å². The predicted molar refractivity (Wildman–Crippen MR) is 70.4 cm³/mol. The molecule has 5 heteroatoms. The number of carbonyl (C=O) groups excluding carboxylic acids is 1. The lowest BCUT2D eigenvalue weighted by atomic mass is 10.1. The number of amides is 1. The number of aliphatic hydroxyl groups is 1. The SMILES string of the molecule is CCOCCC(=O)NCCCN1CCC(O)CC1. The third kappa shape index (κ3) is 6.93. The topological polar surface area (TPSA) is 61.8 Å². The largest absolute Gasteiger partial charge is 0.393 e. The van der Waals surface area contributed by atoms with Crippen molar-refractivity contribution in [2.45, 2.75) is 38.7 Å². The van der Waals surface area contributed by atoms with Crippen LogP contribution in [0.4, 0.5) is 0 Å². The van der Waals surface area contributed by atoms with E-state index in [1.54, 1.807) is 0 Å². The van der Waals surface area contributed by atoms with E-state index in [1.807, 2.05) is 6.92 Å². The van der Waals surface area contributed by atoms with Gasteiger partial charge in [0.15, 0.2) is 0 Å². The Labute approximate surface area is 109 Å². The van der Waals surface area contributed by atoms with E-state index in [2.05, 4.69) is 10.2 Å². The van der Waals surface area contributed by atoms with E-state index in [4.69, 9.17) is 4.74 Å². The number of nitrogens with one attached hydrogen (secondary N) is 1. The molecular weight excluding hydrogens is 232 g/mol. The van der Waals surface area contributed by atoms with Gasteiger partial charge >= 0.3 is 0 Å². The van der Waals surface area contributed by atoms with Crippen LogP contribution >= 0.6 is 0 Å². The maximum Gasteiger partial charge on any atom is 0.222 e. The Morgan fingerprint density at radius 1 is 1.44 bits per heavy atom. The van der Waals surface area contributed by atoms with Gasteiger partial charge in [-0.1, -0.05) is 0 Å².